The summed E-state index contributed by atoms with van der Waals surface area (Å²) in [6, 6.07) is 9.20. The molecule has 3 aromatic heterocycles. The van der Waals surface area contributed by atoms with Crippen LogP contribution in [0.2, 0.25) is 10.0 Å². The quantitative estimate of drug-likeness (QED) is 0.208. The number of alkyl halides is 3. The lowest BCUT2D eigenvalue weighted by Gasteiger charge is -2.17. The molecule has 42 heavy (non-hydrogen) atoms. The van der Waals surface area contributed by atoms with Gasteiger partial charge in [0.15, 0.2) is 5.43 Å². The molecule has 0 aliphatic rings. The Morgan fingerprint density at radius 1 is 1.19 bits per heavy atom. The molecule has 5 rings (SSSR count). The topological polar surface area (TPSA) is 96.0 Å². The highest BCUT2D eigenvalue weighted by Gasteiger charge is 2.36. The first-order valence-corrected chi connectivity index (χ1v) is 13.7. The molecular weight excluding hydrogens is 610 g/mol. The van der Waals surface area contributed by atoms with Gasteiger partial charge in [-0.2, -0.15) is 18.4 Å². The van der Waals surface area contributed by atoms with Crippen LogP contribution in [0.5, 0.6) is 0 Å². The van der Waals surface area contributed by atoms with E-state index in [1.807, 2.05) is 0 Å². The zero-order valence-corrected chi connectivity index (χ0v) is 24.0. The van der Waals surface area contributed by atoms with Crippen molar-refractivity contribution >= 4 is 61.6 Å². The number of nitrogens with zero attached hydrogens (tertiary/aromatic N) is 3. The van der Waals surface area contributed by atoms with Gasteiger partial charge in [-0.15, -0.1) is 11.3 Å². The van der Waals surface area contributed by atoms with Gasteiger partial charge in [-0.3, -0.25) is 9.78 Å². The van der Waals surface area contributed by atoms with Gasteiger partial charge in [0.25, 0.3) is 0 Å². The van der Waals surface area contributed by atoms with Gasteiger partial charge in [-0.05, 0) is 37.3 Å². The number of hydrogen-bond donors (Lipinski definition) is 1. The van der Waals surface area contributed by atoms with E-state index in [-0.39, 0.29) is 28.5 Å². The van der Waals surface area contributed by atoms with Crippen LogP contribution < -0.4 is 5.43 Å². The number of thiophene rings is 1. The number of rotatable bonds is 3. The maximum Gasteiger partial charge on any atom is 0.417 e. The zero-order valence-electron chi connectivity index (χ0n) is 21.7. The Morgan fingerprint density at radius 2 is 1.93 bits per heavy atom. The summed E-state index contributed by atoms with van der Waals surface area (Å²) < 4.78 is 42.9. The summed E-state index contributed by atoms with van der Waals surface area (Å²) in [4.78, 5) is 29.4. The first-order chi connectivity index (χ1) is 19.8. The van der Waals surface area contributed by atoms with Crippen molar-refractivity contribution in [3.8, 4) is 29.0 Å². The molecule has 0 aliphatic heterocycles. The lowest BCUT2D eigenvalue weighted by molar-refractivity contribution is -0.137. The fourth-order valence-corrected chi connectivity index (χ4v) is 6.23. The molecule has 0 atom stereocenters. The minimum absolute atomic E-state index is 0.0687. The van der Waals surface area contributed by atoms with Crippen LogP contribution in [0.15, 0.2) is 46.7 Å². The second kappa shape index (κ2) is 10.8. The number of benzene rings is 2. The molecule has 0 amide bonds. The molecule has 12 heteroatoms. The smallest absolute Gasteiger partial charge is 0.417 e. The lowest BCUT2D eigenvalue weighted by atomic mass is 9.98. The molecular formula is C30H16Cl2F3N3O3S. The predicted octanol–water partition coefficient (Wildman–Crippen LogP) is 7.61. The number of fused-ring (bicyclic) bond motifs is 2. The molecule has 3 heterocycles. The number of halogens is 5. The number of hydrogen-bond acceptors (Lipinski definition) is 5. The van der Waals surface area contributed by atoms with Crippen LogP contribution in [0.3, 0.4) is 0 Å². The number of aryl methyl sites for hydroxylation is 1. The molecule has 0 unspecified atom stereocenters. The van der Waals surface area contributed by atoms with Crippen LogP contribution in [0, 0.1) is 30.1 Å². The highest BCUT2D eigenvalue weighted by Crippen LogP contribution is 2.40. The fourth-order valence-electron chi connectivity index (χ4n) is 4.73. The van der Waals surface area contributed by atoms with Crippen LogP contribution >= 0.6 is 34.5 Å². The van der Waals surface area contributed by atoms with E-state index < -0.39 is 33.7 Å². The van der Waals surface area contributed by atoms with Crippen molar-refractivity contribution in [1.82, 2.24) is 9.55 Å². The standard InChI is InChI=1S/C30H16Cl2F3N3O3S/c1-14-17(27(39)24-20(12-36)25(32)22(30(33,34)35)11-23(24)38(14)2)5-3-4-15-6-7-16(31)10-19(15)18-8-9-37-26-21(29(40)41)13-42-28(18)26/h6-11,13H,5H2,1-2H3,(H,40,41). The SMILES string of the molecule is Cc1c(CC#Cc2ccc(Cl)cc2-c2ccnc3c(C(=O)O)csc23)c(=O)c2c(C#N)c(Cl)c(C(F)(F)F)cc2n1C. The first-order valence-electron chi connectivity index (χ1n) is 12.0. The molecule has 0 fully saturated rings. The minimum Gasteiger partial charge on any atom is -0.478 e. The minimum atomic E-state index is -4.82. The molecule has 6 nitrogen and oxygen atoms in total. The Kier molecular flexibility index (Phi) is 7.50. The zero-order chi connectivity index (χ0) is 30.5. The molecule has 0 radical (unpaired) electrons. The van der Waals surface area contributed by atoms with Crippen molar-refractivity contribution < 1.29 is 23.1 Å². The van der Waals surface area contributed by atoms with Gasteiger partial charge < -0.3 is 9.67 Å². The number of aromatic nitrogens is 2. The number of nitriles is 1. The van der Waals surface area contributed by atoms with E-state index in [1.165, 1.54) is 34.5 Å². The maximum atomic E-state index is 13.6. The van der Waals surface area contributed by atoms with Gasteiger partial charge in [-0.1, -0.05) is 35.0 Å². The van der Waals surface area contributed by atoms with Gasteiger partial charge in [0.2, 0.25) is 0 Å². The summed E-state index contributed by atoms with van der Waals surface area (Å²) in [7, 11) is 1.50. The highest BCUT2D eigenvalue weighted by atomic mass is 35.5. The molecule has 210 valence electrons. The van der Waals surface area contributed by atoms with E-state index in [9.17, 15) is 33.1 Å². The first kappa shape index (κ1) is 29.2. The Balaban J connectivity index is 1.64. The van der Waals surface area contributed by atoms with Crippen molar-refractivity contribution in [2.45, 2.75) is 19.5 Å². The van der Waals surface area contributed by atoms with E-state index >= 15 is 0 Å². The molecule has 0 bridgehead atoms. The lowest BCUT2D eigenvalue weighted by Crippen LogP contribution is -2.20. The van der Waals surface area contributed by atoms with Crippen molar-refractivity contribution in [1.29, 1.82) is 5.26 Å². The molecule has 0 spiro atoms. The Hall–Kier alpha value is -4.35. The van der Waals surface area contributed by atoms with Crippen LogP contribution in [0.4, 0.5) is 13.2 Å². The van der Waals surface area contributed by atoms with Crippen LogP contribution in [-0.4, -0.2) is 20.6 Å². The van der Waals surface area contributed by atoms with Gasteiger partial charge in [-0.25, -0.2) is 4.79 Å². The number of pyridine rings is 2. The Bertz CT molecular complexity index is 2130. The van der Waals surface area contributed by atoms with E-state index in [0.29, 0.717) is 37.6 Å². The third-order valence-corrected chi connectivity index (χ3v) is 8.54. The summed E-state index contributed by atoms with van der Waals surface area (Å²) in [5.74, 6) is 4.92. The molecule has 5 aromatic rings. The molecule has 1 N–H and O–H groups in total. The van der Waals surface area contributed by atoms with E-state index in [4.69, 9.17) is 23.2 Å². The summed E-state index contributed by atoms with van der Waals surface area (Å²) >= 11 is 13.5. The largest absolute Gasteiger partial charge is 0.478 e. The fraction of sp³-hybridized carbons (Fsp3) is 0.133. The van der Waals surface area contributed by atoms with E-state index in [0.717, 1.165) is 6.07 Å². The van der Waals surface area contributed by atoms with Crippen LogP contribution in [0.25, 0.3) is 32.2 Å². The van der Waals surface area contributed by atoms with Gasteiger partial charge >= 0.3 is 12.1 Å². The number of carboxylic acids is 1. The number of carbonyl (C=O) groups is 1. The van der Waals surface area contributed by atoms with Crippen molar-refractivity contribution in [3.63, 3.8) is 0 Å². The summed E-state index contributed by atoms with van der Waals surface area (Å²) in [6.07, 6.45) is -3.40. The van der Waals surface area contributed by atoms with Gasteiger partial charge in [0.05, 0.1) is 42.8 Å². The molecule has 0 saturated heterocycles. The average molecular weight is 626 g/mol. The van der Waals surface area contributed by atoms with Gasteiger partial charge in [0, 0.05) is 58.0 Å². The predicted molar refractivity (Wildman–Crippen MR) is 156 cm³/mol. The molecule has 0 saturated carbocycles. The Morgan fingerprint density at radius 3 is 2.60 bits per heavy atom. The van der Waals surface area contributed by atoms with Crippen LogP contribution in [0.1, 0.15) is 38.3 Å². The van der Waals surface area contributed by atoms with Crippen molar-refractivity contribution in [2.24, 2.45) is 7.05 Å². The van der Waals surface area contributed by atoms with Crippen molar-refractivity contribution in [2.75, 3.05) is 0 Å². The Labute approximate surface area is 250 Å². The average Bonchev–Trinajstić information content (AvgIpc) is 3.38. The maximum absolute atomic E-state index is 13.6. The monoisotopic (exact) mass is 625 g/mol. The van der Waals surface area contributed by atoms with Crippen molar-refractivity contribution in [3.05, 3.63) is 95.7 Å². The van der Waals surface area contributed by atoms with E-state index in [2.05, 4.69) is 16.8 Å². The summed E-state index contributed by atoms with van der Waals surface area (Å²) in [5.41, 5.74) is 0.403. The number of aromatic carboxylic acids is 1. The third-order valence-electron chi connectivity index (χ3n) is 6.91. The highest BCUT2D eigenvalue weighted by molar-refractivity contribution is 7.18. The summed E-state index contributed by atoms with van der Waals surface area (Å²) in [6.45, 7) is 1.59. The summed E-state index contributed by atoms with van der Waals surface area (Å²) in [5, 5.41) is 20.1. The van der Waals surface area contributed by atoms with E-state index in [1.54, 1.807) is 37.3 Å². The van der Waals surface area contributed by atoms with Gasteiger partial charge in [0.1, 0.15) is 6.07 Å². The van der Waals surface area contributed by atoms with Crippen LogP contribution in [-0.2, 0) is 19.6 Å². The normalized spacial score (nSPS) is 11.4. The molecule has 2 aromatic carbocycles. The molecule has 0 aliphatic carbocycles. The second-order valence-electron chi connectivity index (χ2n) is 9.23. The second-order valence-corrected chi connectivity index (χ2v) is 10.9. The number of carboxylic acid groups (broad SMARTS) is 1. The third kappa shape index (κ3) is 4.88.